The van der Waals surface area contributed by atoms with Crippen LogP contribution in [0.25, 0.3) is 0 Å². The quantitative estimate of drug-likeness (QED) is 0.775. The average Bonchev–Trinajstić information content (AvgIpc) is 3.11. The van der Waals surface area contributed by atoms with E-state index < -0.39 is 0 Å². The van der Waals surface area contributed by atoms with Gasteiger partial charge in [0.15, 0.2) is 0 Å². The molecule has 0 spiro atoms. The van der Waals surface area contributed by atoms with Gasteiger partial charge in [0, 0.05) is 18.2 Å². The molecule has 2 nitrogen and oxygen atoms in total. The van der Waals surface area contributed by atoms with Crippen molar-refractivity contribution < 1.29 is 4.79 Å². The first-order valence-electron chi connectivity index (χ1n) is 8.43. The van der Waals surface area contributed by atoms with Crippen LogP contribution in [0.15, 0.2) is 24.3 Å². The molecule has 1 aliphatic carbocycles. The summed E-state index contributed by atoms with van der Waals surface area (Å²) in [5.74, 6) is 2.72. The first-order valence-corrected chi connectivity index (χ1v) is 10.5. The number of carbonyl (C=O) groups is 1. The maximum absolute atomic E-state index is 12.8. The Kier molecular flexibility index (Phi) is 5.75. The van der Waals surface area contributed by atoms with Crippen LogP contribution in [0.1, 0.15) is 59.5 Å². The van der Waals surface area contributed by atoms with Crippen molar-refractivity contribution in [1.29, 1.82) is 0 Å². The zero-order valence-corrected chi connectivity index (χ0v) is 14.9. The van der Waals surface area contributed by atoms with Crippen molar-refractivity contribution in [3.8, 4) is 0 Å². The molecular weight excluding hydrogens is 310 g/mol. The van der Waals surface area contributed by atoms with Crippen LogP contribution in [-0.2, 0) is 0 Å². The van der Waals surface area contributed by atoms with Gasteiger partial charge in [-0.15, -0.1) is 23.5 Å². The van der Waals surface area contributed by atoms with E-state index in [0.717, 1.165) is 12.1 Å². The Morgan fingerprint density at radius 3 is 2.32 bits per heavy atom. The molecule has 1 aliphatic heterocycles. The lowest BCUT2D eigenvalue weighted by molar-refractivity contribution is 0.0693. The van der Waals surface area contributed by atoms with Gasteiger partial charge in [-0.25, -0.2) is 0 Å². The fraction of sp³-hybridized carbons (Fsp3) is 0.611. The third-order valence-corrected chi connectivity index (χ3v) is 7.64. The lowest BCUT2D eigenvalue weighted by Crippen LogP contribution is -2.38. The lowest BCUT2D eigenvalue weighted by atomic mass is 10.1. The topological polar surface area (TPSA) is 20.3 Å². The van der Waals surface area contributed by atoms with Crippen LogP contribution in [-0.4, -0.2) is 34.9 Å². The third kappa shape index (κ3) is 3.65. The highest BCUT2D eigenvalue weighted by Crippen LogP contribution is 2.43. The fourth-order valence-corrected chi connectivity index (χ4v) is 6.31. The minimum Gasteiger partial charge on any atom is -0.336 e. The lowest BCUT2D eigenvalue weighted by Gasteiger charge is -2.28. The van der Waals surface area contributed by atoms with Gasteiger partial charge in [0.1, 0.15) is 0 Å². The molecule has 0 atom stereocenters. The van der Waals surface area contributed by atoms with E-state index in [1.54, 1.807) is 0 Å². The Labute approximate surface area is 142 Å². The third-order valence-electron chi connectivity index (χ3n) is 4.62. The molecule has 1 saturated carbocycles. The Balaban J connectivity index is 1.69. The van der Waals surface area contributed by atoms with E-state index in [4.69, 9.17) is 0 Å². The van der Waals surface area contributed by atoms with Crippen molar-refractivity contribution in [1.82, 2.24) is 4.90 Å². The molecule has 120 valence electrons. The number of nitrogens with zero attached hydrogens (tertiary/aromatic N) is 1. The van der Waals surface area contributed by atoms with Gasteiger partial charge >= 0.3 is 0 Å². The van der Waals surface area contributed by atoms with Gasteiger partial charge in [-0.3, -0.25) is 4.79 Å². The molecule has 2 aliphatic rings. The van der Waals surface area contributed by atoms with Gasteiger partial charge in [0.2, 0.25) is 0 Å². The van der Waals surface area contributed by atoms with Crippen LogP contribution in [0.2, 0.25) is 0 Å². The zero-order chi connectivity index (χ0) is 15.4. The highest BCUT2D eigenvalue weighted by molar-refractivity contribution is 8.16. The second kappa shape index (κ2) is 7.78. The first kappa shape index (κ1) is 16.3. The Hall–Kier alpha value is -0.610. The largest absolute Gasteiger partial charge is 0.336 e. The SMILES string of the molecule is CCN(C(=O)c1ccc(C2SCCCS2)cc1)C1CCCC1. The summed E-state index contributed by atoms with van der Waals surface area (Å²) in [6.45, 7) is 2.92. The molecule has 0 N–H and O–H groups in total. The Morgan fingerprint density at radius 2 is 1.73 bits per heavy atom. The number of carbonyl (C=O) groups excluding carboxylic acids is 1. The summed E-state index contributed by atoms with van der Waals surface area (Å²) in [5.41, 5.74) is 2.21. The van der Waals surface area contributed by atoms with Gasteiger partial charge < -0.3 is 4.90 Å². The van der Waals surface area contributed by atoms with Crippen molar-refractivity contribution in [3.05, 3.63) is 35.4 Å². The van der Waals surface area contributed by atoms with E-state index in [1.807, 2.05) is 35.7 Å². The Morgan fingerprint density at radius 1 is 1.09 bits per heavy atom. The molecule has 22 heavy (non-hydrogen) atoms. The number of rotatable bonds is 4. The molecule has 1 heterocycles. The number of hydrogen-bond donors (Lipinski definition) is 0. The molecule has 0 bridgehead atoms. The van der Waals surface area contributed by atoms with Crippen LogP contribution in [0.4, 0.5) is 0 Å². The number of benzene rings is 1. The highest BCUT2D eigenvalue weighted by atomic mass is 32.2. The minimum atomic E-state index is 0.213. The monoisotopic (exact) mass is 335 g/mol. The Bertz CT molecular complexity index is 490. The maximum atomic E-state index is 12.8. The molecular formula is C18H25NOS2. The predicted octanol–water partition coefficient (Wildman–Crippen LogP) is 4.96. The summed E-state index contributed by atoms with van der Waals surface area (Å²) >= 11 is 4.06. The summed E-state index contributed by atoms with van der Waals surface area (Å²) in [6, 6.07) is 8.84. The molecule has 0 radical (unpaired) electrons. The van der Waals surface area contributed by atoms with Gasteiger partial charge in [-0.2, -0.15) is 0 Å². The normalized spacial score (nSPS) is 20.2. The van der Waals surface area contributed by atoms with Gasteiger partial charge in [0.05, 0.1) is 4.58 Å². The summed E-state index contributed by atoms with van der Waals surface area (Å²) in [5, 5.41) is 0. The summed E-state index contributed by atoms with van der Waals surface area (Å²) in [7, 11) is 0. The van der Waals surface area contributed by atoms with E-state index >= 15 is 0 Å². The van der Waals surface area contributed by atoms with Crippen molar-refractivity contribution in [2.24, 2.45) is 0 Å². The van der Waals surface area contributed by atoms with E-state index in [2.05, 4.69) is 24.0 Å². The van der Waals surface area contributed by atoms with Crippen LogP contribution in [0, 0.1) is 0 Å². The van der Waals surface area contributed by atoms with E-state index in [9.17, 15) is 4.79 Å². The summed E-state index contributed by atoms with van der Waals surface area (Å²) < 4.78 is 0.551. The summed E-state index contributed by atoms with van der Waals surface area (Å²) in [6.07, 6.45) is 6.20. The minimum absolute atomic E-state index is 0.213. The molecule has 1 aromatic rings. The van der Waals surface area contributed by atoms with E-state index in [1.165, 1.54) is 49.2 Å². The zero-order valence-electron chi connectivity index (χ0n) is 13.3. The second-order valence-electron chi connectivity index (χ2n) is 6.08. The molecule has 1 saturated heterocycles. The number of hydrogen-bond acceptors (Lipinski definition) is 3. The van der Waals surface area contributed by atoms with Crippen molar-refractivity contribution in [3.63, 3.8) is 0 Å². The number of thioether (sulfide) groups is 2. The van der Waals surface area contributed by atoms with Crippen molar-refractivity contribution in [2.45, 2.75) is 49.7 Å². The van der Waals surface area contributed by atoms with Crippen LogP contribution in [0.5, 0.6) is 0 Å². The fourth-order valence-electron chi connectivity index (χ4n) is 3.41. The van der Waals surface area contributed by atoms with E-state index in [-0.39, 0.29) is 5.91 Å². The molecule has 1 amide bonds. The molecule has 2 fully saturated rings. The predicted molar refractivity (Wildman–Crippen MR) is 97.7 cm³/mol. The van der Waals surface area contributed by atoms with Gasteiger partial charge in [-0.05, 0) is 55.4 Å². The second-order valence-corrected chi connectivity index (χ2v) is 8.80. The van der Waals surface area contributed by atoms with Crippen LogP contribution in [0.3, 0.4) is 0 Å². The van der Waals surface area contributed by atoms with E-state index in [0.29, 0.717) is 10.6 Å². The summed E-state index contributed by atoms with van der Waals surface area (Å²) in [4.78, 5) is 14.8. The highest BCUT2D eigenvalue weighted by Gasteiger charge is 2.26. The average molecular weight is 336 g/mol. The van der Waals surface area contributed by atoms with Crippen LogP contribution < -0.4 is 0 Å². The maximum Gasteiger partial charge on any atom is 0.254 e. The number of amides is 1. The van der Waals surface area contributed by atoms with Crippen molar-refractivity contribution >= 4 is 29.4 Å². The molecule has 3 rings (SSSR count). The van der Waals surface area contributed by atoms with Gasteiger partial charge in [0.25, 0.3) is 5.91 Å². The molecule has 0 aromatic heterocycles. The first-order chi connectivity index (χ1) is 10.8. The smallest absolute Gasteiger partial charge is 0.254 e. The van der Waals surface area contributed by atoms with Gasteiger partial charge in [-0.1, -0.05) is 25.0 Å². The van der Waals surface area contributed by atoms with Crippen LogP contribution >= 0.6 is 23.5 Å². The molecule has 4 heteroatoms. The standard InChI is InChI=1S/C18H25NOS2/c1-2-19(16-6-3-4-7-16)17(20)14-8-10-15(11-9-14)18-21-12-5-13-22-18/h8-11,16,18H,2-7,12-13H2,1H3. The van der Waals surface area contributed by atoms with Crippen molar-refractivity contribution in [2.75, 3.05) is 18.1 Å². The molecule has 1 aromatic carbocycles. The molecule has 0 unspecified atom stereocenters.